The van der Waals surface area contributed by atoms with E-state index in [1.165, 1.54) is 23.4 Å². The van der Waals surface area contributed by atoms with Crippen molar-refractivity contribution in [2.75, 3.05) is 4.90 Å². The third-order valence-electron chi connectivity index (χ3n) is 4.19. The van der Waals surface area contributed by atoms with Crippen molar-refractivity contribution < 1.29 is 17.2 Å². The van der Waals surface area contributed by atoms with Crippen molar-refractivity contribution in [3.63, 3.8) is 0 Å². The minimum Gasteiger partial charge on any atom is -0.364 e. The molecule has 1 aliphatic rings. The van der Waals surface area contributed by atoms with Crippen molar-refractivity contribution in [2.24, 2.45) is 0 Å². The topological polar surface area (TPSA) is 37.4 Å². The summed E-state index contributed by atoms with van der Waals surface area (Å²) < 4.78 is 48.0. The van der Waals surface area contributed by atoms with Gasteiger partial charge in [-0.3, -0.25) is 0 Å². The van der Waals surface area contributed by atoms with Gasteiger partial charge in [0.15, 0.2) is 0 Å². The van der Waals surface area contributed by atoms with Crippen molar-refractivity contribution in [1.82, 2.24) is 0 Å². The van der Waals surface area contributed by atoms with Crippen LogP contribution in [0.3, 0.4) is 0 Å². The predicted octanol–water partition coefficient (Wildman–Crippen LogP) is 3.63. The van der Waals surface area contributed by atoms with Crippen LogP contribution in [0.2, 0.25) is 0 Å². The number of sulfone groups is 1. The van der Waals surface area contributed by atoms with Crippen molar-refractivity contribution >= 4 is 15.5 Å². The van der Waals surface area contributed by atoms with E-state index in [-0.39, 0.29) is 4.90 Å². The van der Waals surface area contributed by atoms with Crippen LogP contribution >= 0.6 is 0 Å². The first-order valence-corrected chi connectivity index (χ1v) is 8.90. The summed E-state index contributed by atoms with van der Waals surface area (Å²) in [7, 11) is -4.53. The van der Waals surface area contributed by atoms with Gasteiger partial charge in [-0.2, -0.15) is 8.78 Å². The Kier molecular flexibility index (Phi) is 4.10. The smallest absolute Gasteiger partial charge is 0.341 e. The monoisotopic (exact) mass is 337 g/mol. The minimum atomic E-state index is -4.53. The number of hydrogen-bond acceptors (Lipinski definition) is 3. The molecule has 1 atom stereocenters. The molecule has 1 unspecified atom stereocenters. The highest BCUT2D eigenvalue weighted by Gasteiger charge is 2.27. The second-order valence-electron chi connectivity index (χ2n) is 5.76. The van der Waals surface area contributed by atoms with E-state index in [0.717, 1.165) is 12.0 Å². The average molecular weight is 337 g/mol. The Hall–Kier alpha value is -1.95. The Morgan fingerprint density at radius 3 is 2.43 bits per heavy atom. The lowest BCUT2D eigenvalue weighted by atomic mass is 10.1. The molecular formula is C17H17F2NO2S. The largest absolute Gasteiger partial charge is 0.364 e. The van der Waals surface area contributed by atoms with E-state index >= 15 is 0 Å². The van der Waals surface area contributed by atoms with Crippen molar-refractivity contribution in [3.05, 3.63) is 59.7 Å². The molecular weight excluding hydrogens is 320 g/mol. The Morgan fingerprint density at radius 2 is 1.78 bits per heavy atom. The molecule has 1 heterocycles. The molecule has 3 rings (SSSR count). The maximum absolute atomic E-state index is 12.5. The van der Waals surface area contributed by atoms with Crippen molar-refractivity contribution in [2.45, 2.75) is 36.6 Å². The molecule has 0 aliphatic carbocycles. The molecule has 0 saturated carbocycles. The lowest BCUT2D eigenvalue weighted by Gasteiger charge is -2.25. The Bertz CT molecular complexity index is 804. The van der Waals surface area contributed by atoms with Crippen molar-refractivity contribution in [1.29, 1.82) is 0 Å². The van der Waals surface area contributed by atoms with Gasteiger partial charge in [-0.05, 0) is 42.7 Å². The molecule has 0 N–H and O–H groups in total. The van der Waals surface area contributed by atoms with Crippen LogP contribution in [0.15, 0.2) is 53.4 Å². The lowest BCUT2D eigenvalue weighted by molar-refractivity contribution is 0.234. The Balaban J connectivity index is 1.82. The van der Waals surface area contributed by atoms with E-state index in [1.54, 1.807) is 12.1 Å². The maximum atomic E-state index is 12.5. The molecule has 1 aliphatic heterocycles. The molecule has 0 fully saturated rings. The van der Waals surface area contributed by atoms with Crippen LogP contribution in [0.25, 0.3) is 0 Å². The van der Waals surface area contributed by atoms with Crippen LogP contribution in [0.4, 0.5) is 14.5 Å². The fourth-order valence-electron chi connectivity index (χ4n) is 2.95. The van der Waals surface area contributed by atoms with Gasteiger partial charge in [-0.15, -0.1) is 0 Å². The van der Waals surface area contributed by atoms with E-state index in [9.17, 15) is 17.2 Å². The molecule has 2 aromatic rings. The van der Waals surface area contributed by atoms with Crippen LogP contribution in [-0.2, 0) is 22.8 Å². The predicted molar refractivity (Wildman–Crippen MR) is 85.4 cm³/mol. The number of nitrogens with zero attached hydrogens (tertiary/aromatic N) is 1. The number of halogens is 2. The van der Waals surface area contributed by atoms with Gasteiger partial charge in [0.05, 0.1) is 4.90 Å². The van der Waals surface area contributed by atoms with E-state index < -0.39 is 15.6 Å². The van der Waals surface area contributed by atoms with Crippen LogP contribution in [-0.4, -0.2) is 20.2 Å². The van der Waals surface area contributed by atoms with Gasteiger partial charge >= 0.3 is 5.76 Å². The fourth-order valence-corrected chi connectivity index (χ4v) is 3.68. The summed E-state index contributed by atoms with van der Waals surface area (Å²) in [6, 6.07) is 14.2. The van der Waals surface area contributed by atoms with Crippen LogP contribution in [0, 0.1) is 0 Å². The van der Waals surface area contributed by atoms with Crippen LogP contribution in [0.5, 0.6) is 0 Å². The van der Waals surface area contributed by atoms with E-state index in [1.807, 2.05) is 12.1 Å². The first-order valence-electron chi connectivity index (χ1n) is 7.35. The molecule has 122 valence electrons. The number of fused-ring (bicyclic) bond motifs is 1. The van der Waals surface area contributed by atoms with Crippen molar-refractivity contribution in [3.8, 4) is 0 Å². The highest BCUT2D eigenvalue weighted by atomic mass is 32.2. The highest BCUT2D eigenvalue weighted by molar-refractivity contribution is 7.91. The zero-order chi connectivity index (χ0) is 16.6. The molecule has 0 radical (unpaired) electrons. The lowest BCUT2D eigenvalue weighted by Crippen LogP contribution is -2.28. The summed E-state index contributed by atoms with van der Waals surface area (Å²) in [5.74, 6) is -3.39. The molecule has 6 heteroatoms. The molecule has 2 aromatic carbocycles. The quantitative estimate of drug-likeness (QED) is 0.855. The second kappa shape index (κ2) is 5.92. The minimum absolute atomic E-state index is 0.342. The number of alkyl halides is 2. The summed E-state index contributed by atoms with van der Waals surface area (Å²) in [6.07, 6.45) is 0.966. The summed E-state index contributed by atoms with van der Waals surface area (Å²) >= 11 is 0. The number of hydrogen-bond donors (Lipinski definition) is 0. The van der Waals surface area contributed by atoms with Gasteiger partial charge in [0.1, 0.15) is 0 Å². The first-order chi connectivity index (χ1) is 10.9. The highest BCUT2D eigenvalue weighted by Crippen LogP contribution is 2.33. The van der Waals surface area contributed by atoms with Crippen LogP contribution in [0.1, 0.15) is 18.1 Å². The molecule has 0 bridgehead atoms. The zero-order valence-electron chi connectivity index (χ0n) is 12.6. The summed E-state index contributed by atoms with van der Waals surface area (Å²) in [5, 5.41) is 0. The number of para-hydroxylation sites is 1. The van der Waals surface area contributed by atoms with Gasteiger partial charge in [0, 0.05) is 18.3 Å². The standard InChI is InChI=1S/C17H17F2NO2S/c1-12-10-14-4-2-3-5-16(14)20(12)11-13-6-8-15(9-7-13)23(21,22)17(18)19/h2-9,12,17H,10-11H2,1H3. The first kappa shape index (κ1) is 15.9. The molecule has 3 nitrogen and oxygen atoms in total. The van der Waals surface area contributed by atoms with Gasteiger partial charge in [0.25, 0.3) is 0 Å². The molecule has 0 amide bonds. The third kappa shape index (κ3) is 2.95. The summed E-state index contributed by atoms with van der Waals surface area (Å²) in [6.45, 7) is 2.75. The van der Waals surface area contributed by atoms with E-state index in [2.05, 4.69) is 24.0 Å². The normalized spacial score (nSPS) is 17.6. The average Bonchev–Trinajstić information content (AvgIpc) is 2.84. The number of rotatable bonds is 4. The molecule has 23 heavy (non-hydrogen) atoms. The Morgan fingerprint density at radius 1 is 1.13 bits per heavy atom. The number of anilines is 1. The van der Waals surface area contributed by atoms with E-state index in [4.69, 9.17) is 0 Å². The second-order valence-corrected chi connectivity index (χ2v) is 7.68. The van der Waals surface area contributed by atoms with Gasteiger partial charge < -0.3 is 4.90 Å². The van der Waals surface area contributed by atoms with Gasteiger partial charge in [0.2, 0.25) is 9.84 Å². The zero-order valence-corrected chi connectivity index (χ0v) is 13.4. The van der Waals surface area contributed by atoms with Gasteiger partial charge in [-0.1, -0.05) is 30.3 Å². The Labute approximate surface area is 134 Å². The van der Waals surface area contributed by atoms with Crippen LogP contribution < -0.4 is 4.90 Å². The van der Waals surface area contributed by atoms with Gasteiger partial charge in [-0.25, -0.2) is 8.42 Å². The van der Waals surface area contributed by atoms with E-state index in [0.29, 0.717) is 12.6 Å². The maximum Gasteiger partial charge on any atom is 0.341 e. The third-order valence-corrected chi connectivity index (χ3v) is 5.59. The summed E-state index contributed by atoms with van der Waals surface area (Å²) in [5.41, 5.74) is 3.35. The SMILES string of the molecule is CC1Cc2ccccc2N1Cc1ccc(S(=O)(=O)C(F)F)cc1. The summed E-state index contributed by atoms with van der Waals surface area (Å²) in [4.78, 5) is 1.90. The molecule has 0 aromatic heterocycles. The number of benzene rings is 2. The molecule has 0 spiro atoms. The fraction of sp³-hybridized carbons (Fsp3) is 0.294. The molecule has 0 saturated heterocycles.